The van der Waals surface area contributed by atoms with Crippen LogP contribution in [-0.4, -0.2) is 23.7 Å². The van der Waals surface area contributed by atoms with Gasteiger partial charge in [0.15, 0.2) is 0 Å². The Labute approximate surface area is 72.9 Å². The van der Waals surface area contributed by atoms with Crippen molar-refractivity contribution in [2.75, 3.05) is 19.0 Å². The van der Waals surface area contributed by atoms with Crippen molar-refractivity contribution in [3.8, 4) is 0 Å². The molecule has 1 aliphatic carbocycles. The first-order valence-electron chi connectivity index (χ1n) is 4.63. The second-order valence-corrected chi connectivity index (χ2v) is 5.16. The summed E-state index contributed by atoms with van der Waals surface area (Å²) in [5.74, 6) is 1.22. The van der Waals surface area contributed by atoms with Crippen LogP contribution in [0.1, 0.15) is 32.1 Å². The molecule has 1 spiro atoms. The highest BCUT2D eigenvalue weighted by Crippen LogP contribution is 2.47. The molecule has 11 heavy (non-hydrogen) atoms. The standard InChI is InChI=1S/C9H16OS/c1-3-9(4-1)5-2-6-10-7-8-11-9/h1-8H2. The third-order valence-electron chi connectivity index (χ3n) is 2.82. The van der Waals surface area contributed by atoms with Crippen LogP contribution in [0.3, 0.4) is 0 Å². The van der Waals surface area contributed by atoms with Crippen molar-refractivity contribution in [2.45, 2.75) is 36.9 Å². The van der Waals surface area contributed by atoms with E-state index in [2.05, 4.69) is 11.8 Å². The van der Waals surface area contributed by atoms with Crippen LogP contribution in [0.4, 0.5) is 0 Å². The zero-order valence-electron chi connectivity index (χ0n) is 6.97. The van der Waals surface area contributed by atoms with Crippen molar-refractivity contribution < 1.29 is 4.74 Å². The van der Waals surface area contributed by atoms with Crippen LogP contribution in [0.15, 0.2) is 0 Å². The molecule has 2 heteroatoms. The lowest BCUT2D eigenvalue weighted by atomic mass is 9.81. The third-order valence-corrected chi connectivity index (χ3v) is 4.42. The maximum atomic E-state index is 5.42. The van der Waals surface area contributed by atoms with Gasteiger partial charge in [0.25, 0.3) is 0 Å². The van der Waals surface area contributed by atoms with E-state index in [0.717, 1.165) is 13.2 Å². The third kappa shape index (κ3) is 1.73. The van der Waals surface area contributed by atoms with E-state index in [1.807, 2.05) is 0 Å². The average Bonchev–Trinajstić information content (AvgIpc) is 1.82. The second-order valence-electron chi connectivity index (χ2n) is 3.60. The van der Waals surface area contributed by atoms with Crippen LogP contribution in [-0.2, 0) is 4.74 Å². The van der Waals surface area contributed by atoms with Gasteiger partial charge in [0.05, 0.1) is 6.61 Å². The van der Waals surface area contributed by atoms with E-state index in [1.54, 1.807) is 0 Å². The van der Waals surface area contributed by atoms with Crippen molar-refractivity contribution >= 4 is 11.8 Å². The molecule has 0 aromatic heterocycles. The van der Waals surface area contributed by atoms with Crippen molar-refractivity contribution in [3.05, 3.63) is 0 Å². The molecule has 0 N–H and O–H groups in total. The number of rotatable bonds is 0. The van der Waals surface area contributed by atoms with Crippen LogP contribution in [0.5, 0.6) is 0 Å². The topological polar surface area (TPSA) is 9.23 Å². The maximum Gasteiger partial charge on any atom is 0.0556 e. The largest absolute Gasteiger partial charge is 0.381 e. The molecule has 0 amide bonds. The normalized spacial score (nSPS) is 30.5. The van der Waals surface area contributed by atoms with E-state index in [4.69, 9.17) is 4.74 Å². The highest BCUT2D eigenvalue weighted by Gasteiger charge is 2.36. The lowest BCUT2D eigenvalue weighted by Gasteiger charge is -2.42. The molecular weight excluding hydrogens is 156 g/mol. The Kier molecular flexibility index (Phi) is 2.42. The Bertz CT molecular complexity index is 122. The fourth-order valence-electron chi connectivity index (χ4n) is 1.95. The molecule has 1 saturated carbocycles. The van der Waals surface area contributed by atoms with Crippen LogP contribution in [0.2, 0.25) is 0 Å². The summed E-state index contributed by atoms with van der Waals surface area (Å²) < 4.78 is 6.13. The molecule has 64 valence electrons. The summed E-state index contributed by atoms with van der Waals surface area (Å²) in [6, 6.07) is 0. The van der Waals surface area contributed by atoms with Gasteiger partial charge in [-0.15, -0.1) is 0 Å². The first kappa shape index (κ1) is 7.93. The van der Waals surface area contributed by atoms with Crippen molar-refractivity contribution in [1.82, 2.24) is 0 Å². The van der Waals surface area contributed by atoms with Gasteiger partial charge < -0.3 is 4.74 Å². The predicted octanol–water partition coefficient (Wildman–Crippen LogP) is 2.45. The van der Waals surface area contributed by atoms with Gasteiger partial charge in [-0.05, 0) is 25.7 Å². The molecule has 1 heterocycles. The highest BCUT2D eigenvalue weighted by atomic mass is 32.2. The first-order chi connectivity index (χ1) is 5.41. The molecule has 2 aliphatic rings. The molecule has 1 aliphatic heterocycles. The van der Waals surface area contributed by atoms with E-state index in [-0.39, 0.29) is 0 Å². The molecule has 2 fully saturated rings. The number of thioether (sulfide) groups is 1. The Hall–Kier alpha value is 0.310. The Morgan fingerprint density at radius 1 is 1.00 bits per heavy atom. The highest BCUT2D eigenvalue weighted by molar-refractivity contribution is 8.00. The quantitative estimate of drug-likeness (QED) is 0.555. The SMILES string of the molecule is C1COCCSC2(C1)CCC2. The number of hydrogen-bond donors (Lipinski definition) is 0. The Morgan fingerprint density at radius 2 is 1.82 bits per heavy atom. The predicted molar refractivity (Wildman–Crippen MR) is 49.1 cm³/mol. The molecule has 0 atom stereocenters. The summed E-state index contributed by atoms with van der Waals surface area (Å²) in [5, 5.41) is 0. The van der Waals surface area contributed by atoms with Gasteiger partial charge in [-0.3, -0.25) is 0 Å². The van der Waals surface area contributed by atoms with Crippen molar-refractivity contribution in [1.29, 1.82) is 0 Å². The summed E-state index contributed by atoms with van der Waals surface area (Å²) in [6.07, 6.45) is 7.09. The molecule has 1 saturated heterocycles. The van der Waals surface area contributed by atoms with Crippen LogP contribution in [0.25, 0.3) is 0 Å². The molecule has 0 aromatic rings. The molecule has 0 aromatic carbocycles. The molecule has 0 radical (unpaired) electrons. The molecule has 0 unspecified atom stereocenters. The minimum absolute atomic E-state index is 0.712. The number of hydrogen-bond acceptors (Lipinski definition) is 2. The second kappa shape index (κ2) is 3.36. The van der Waals surface area contributed by atoms with Crippen molar-refractivity contribution in [3.63, 3.8) is 0 Å². The van der Waals surface area contributed by atoms with E-state index in [1.165, 1.54) is 37.9 Å². The van der Waals surface area contributed by atoms with E-state index in [0.29, 0.717) is 4.75 Å². The molecular formula is C9H16OS. The van der Waals surface area contributed by atoms with Gasteiger partial charge in [-0.1, -0.05) is 6.42 Å². The van der Waals surface area contributed by atoms with Gasteiger partial charge in [-0.2, -0.15) is 11.8 Å². The van der Waals surface area contributed by atoms with Crippen molar-refractivity contribution in [2.24, 2.45) is 0 Å². The van der Waals surface area contributed by atoms with Crippen LogP contribution >= 0.6 is 11.8 Å². The van der Waals surface area contributed by atoms with E-state index in [9.17, 15) is 0 Å². The molecule has 0 bridgehead atoms. The summed E-state index contributed by atoms with van der Waals surface area (Å²) >= 11 is 2.16. The first-order valence-corrected chi connectivity index (χ1v) is 5.62. The van der Waals surface area contributed by atoms with E-state index >= 15 is 0 Å². The van der Waals surface area contributed by atoms with Gasteiger partial charge in [-0.25, -0.2) is 0 Å². The van der Waals surface area contributed by atoms with Gasteiger partial charge in [0.2, 0.25) is 0 Å². The van der Waals surface area contributed by atoms with Gasteiger partial charge in [0.1, 0.15) is 0 Å². The summed E-state index contributed by atoms with van der Waals surface area (Å²) in [6.45, 7) is 1.98. The Morgan fingerprint density at radius 3 is 2.55 bits per heavy atom. The minimum Gasteiger partial charge on any atom is -0.381 e. The maximum absolute atomic E-state index is 5.42. The van der Waals surface area contributed by atoms with Crippen LogP contribution in [0, 0.1) is 0 Å². The Balaban J connectivity index is 1.86. The smallest absolute Gasteiger partial charge is 0.0556 e. The summed E-state index contributed by atoms with van der Waals surface area (Å²) in [4.78, 5) is 0. The summed E-state index contributed by atoms with van der Waals surface area (Å²) in [7, 11) is 0. The monoisotopic (exact) mass is 172 g/mol. The fraction of sp³-hybridized carbons (Fsp3) is 1.00. The van der Waals surface area contributed by atoms with Crippen LogP contribution < -0.4 is 0 Å². The summed E-state index contributed by atoms with van der Waals surface area (Å²) in [5.41, 5.74) is 0. The lowest BCUT2D eigenvalue weighted by molar-refractivity contribution is 0.134. The fourth-order valence-corrected chi connectivity index (χ4v) is 3.45. The number of ether oxygens (including phenoxy) is 1. The zero-order chi connectivity index (χ0) is 7.57. The lowest BCUT2D eigenvalue weighted by Crippen LogP contribution is -2.35. The minimum atomic E-state index is 0.712. The van der Waals surface area contributed by atoms with Gasteiger partial charge >= 0.3 is 0 Å². The van der Waals surface area contributed by atoms with Gasteiger partial charge in [0, 0.05) is 17.1 Å². The average molecular weight is 172 g/mol. The zero-order valence-corrected chi connectivity index (χ0v) is 7.79. The van der Waals surface area contributed by atoms with E-state index < -0.39 is 0 Å². The molecule has 1 nitrogen and oxygen atoms in total. The molecule has 2 rings (SSSR count).